The van der Waals surface area contributed by atoms with Gasteiger partial charge in [-0.25, -0.2) is 9.18 Å². The van der Waals surface area contributed by atoms with Crippen molar-refractivity contribution in [2.24, 2.45) is 0 Å². The van der Waals surface area contributed by atoms with Gasteiger partial charge in [-0.15, -0.1) is 0 Å². The molecule has 0 saturated carbocycles. The summed E-state index contributed by atoms with van der Waals surface area (Å²) in [5, 5.41) is 2.72. The molecule has 1 saturated heterocycles. The summed E-state index contributed by atoms with van der Waals surface area (Å²) >= 11 is 0. The maximum Gasteiger partial charge on any atom is 0.414 e. The SMILES string of the molecule is O=C(Nc1cccc(N2CCOC2=O)c1)c1ccc(F)cc1. The predicted molar refractivity (Wildman–Crippen MR) is 79.5 cm³/mol. The molecule has 22 heavy (non-hydrogen) atoms. The van der Waals surface area contributed by atoms with Crippen molar-refractivity contribution < 1.29 is 18.7 Å². The fourth-order valence-corrected chi connectivity index (χ4v) is 2.18. The molecule has 0 unspecified atom stereocenters. The Labute approximate surface area is 126 Å². The number of halogens is 1. The summed E-state index contributed by atoms with van der Waals surface area (Å²) in [5.41, 5.74) is 1.55. The fourth-order valence-electron chi connectivity index (χ4n) is 2.18. The Morgan fingerprint density at radius 2 is 1.95 bits per heavy atom. The molecule has 0 spiro atoms. The average Bonchev–Trinajstić information content (AvgIpc) is 2.94. The summed E-state index contributed by atoms with van der Waals surface area (Å²) in [6.45, 7) is 0.833. The first kappa shape index (κ1) is 14.1. The lowest BCUT2D eigenvalue weighted by Crippen LogP contribution is -2.23. The van der Waals surface area contributed by atoms with E-state index in [2.05, 4.69) is 5.32 Å². The number of carbonyl (C=O) groups is 2. The van der Waals surface area contributed by atoms with E-state index in [0.29, 0.717) is 30.1 Å². The third-order valence-electron chi connectivity index (χ3n) is 3.28. The van der Waals surface area contributed by atoms with Crippen molar-refractivity contribution in [3.63, 3.8) is 0 Å². The highest BCUT2D eigenvalue weighted by Crippen LogP contribution is 2.22. The molecular weight excluding hydrogens is 287 g/mol. The van der Waals surface area contributed by atoms with Crippen LogP contribution in [0.3, 0.4) is 0 Å². The first-order chi connectivity index (χ1) is 10.6. The van der Waals surface area contributed by atoms with E-state index < -0.39 is 11.9 Å². The van der Waals surface area contributed by atoms with Gasteiger partial charge in [0.2, 0.25) is 0 Å². The lowest BCUT2D eigenvalue weighted by Gasteiger charge is -2.14. The Kier molecular flexibility index (Phi) is 3.74. The second-order valence-electron chi connectivity index (χ2n) is 4.78. The number of nitrogens with zero attached hydrogens (tertiary/aromatic N) is 1. The van der Waals surface area contributed by atoms with Gasteiger partial charge in [-0.05, 0) is 42.5 Å². The van der Waals surface area contributed by atoms with E-state index in [4.69, 9.17) is 4.74 Å². The fraction of sp³-hybridized carbons (Fsp3) is 0.125. The lowest BCUT2D eigenvalue weighted by molar-refractivity contribution is 0.102. The van der Waals surface area contributed by atoms with Crippen LogP contribution in [0.1, 0.15) is 10.4 Å². The molecule has 2 aromatic carbocycles. The first-order valence-electron chi connectivity index (χ1n) is 6.75. The minimum atomic E-state index is -0.401. The zero-order valence-electron chi connectivity index (χ0n) is 11.6. The van der Waals surface area contributed by atoms with E-state index in [1.54, 1.807) is 24.3 Å². The number of nitrogens with one attached hydrogen (secondary N) is 1. The Bertz CT molecular complexity index is 716. The molecule has 0 aromatic heterocycles. The van der Waals surface area contributed by atoms with Crippen molar-refractivity contribution in [2.75, 3.05) is 23.4 Å². The Balaban J connectivity index is 1.76. The zero-order chi connectivity index (χ0) is 15.5. The van der Waals surface area contributed by atoms with Crippen molar-refractivity contribution in [2.45, 2.75) is 0 Å². The van der Waals surface area contributed by atoms with Crippen LogP contribution in [-0.2, 0) is 4.74 Å². The van der Waals surface area contributed by atoms with Gasteiger partial charge >= 0.3 is 6.09 Å². The van der Waals surface area contributed by atoms with Gasteiger partial charge in [-0.1, -0.05) is 6.07 Å². The monoisotopic (exact) mass is 300 g/mol. The van der Waals surface area contributed by atoms with Crippen molar-refractivity contribution in [3.05, 3.63) is 59.9 Å². The molecule has 2 aromatic rings. The van der Waals surface area contributed by atoms with E-state index in [0.717, 1.165) is 0 Å². The Hall–Kier alpha value is -2.89. The van der Waals surface area contributed by atoms with Gasteiger partial charge in [0.05, 0.1) is 6.54 Å². The van der Waals surface area contributed by atoms with Crippen LogP contribution in [0.4, 0.5) is 20.6 Å². The Morgan fingerprint density at radius 1 is 1.18 bits per heavy atom. The quantitative estimate of drug-likeness (QED) is 0.948. The summed E-state index contributed by atoms with van der Waals surface area (Å²) in [6, 6.07) is 12.2. The van der Waals surface area contributed by atoms with Gasteiger partial charge in [0.25, 0.3) is 5.91 Å². The average molecular weight is 300 g/mol. The number of carbonyl (C=O) groups excluding carboxylic acids is 2. The van der Waals surface area contributed by atoms with Gasteiger partial charge in [0.15, 0.2) is 0 Å². The van der Waals surface area contributed by atoms with Gasteiger partial charge in [0.1, 0.15) is 12.4 Å². The number of hydrogen-bond donors (Lipinski definition) is 1. The minimum Gasteiger partial charge on any atom is -0.447 e. The molecule has 112 valence electrons. The van der Waals surface area contributed by atoms with E-state index in [-0.39, 0.29) is 5.91 Å². The Morgan fingerprint density at radius 3 is 2.64 bits per heavy atom. The molecule has 1 heterocycles. The molecule has 1 aliphatic heterocycles. The second-order valence-corrected chi connectivity index (χ2v) is 4.78. The summed E-state index contributed by atoms with van der Waals surface area (Å²) in [4.78, 5) is 25.1. The summed E-state index contributed by atoms with van der Waals surface area (Å²) in [6.07, 6.45) is -0.401. The van der Waals surface area contributed by atoms with Crippen molar-refractivity contribution in [3.8, 4) is 0 Å². The smallest absolute Gasteiger partial charge is 0.414 e. The molecule has 1 aliphatic rings. The van der Waals surface area contributed by atoms with E-state index in [9.17, 15) is 14.0 Å². The minimum absolute atomic E-state index is 0.346. The van der Waals surface area contributed by atoms with Crippen molar-refractivity contribution >= 4 is 23.4 Å². The van der Waals surface area contributed by atoms with Crippen LogP contribution in [0.25, 0.3) is 0 Å². The molecule has 6 heteroatoms. The molecule has 0 atom stereocenters. The van der Waals surface area contributed by atoms with Gasteiger partial charge < -0.3 is 10.1 Å². The number of benzene rings is 2. The highest BCUT2D eigenvalue weighted by Gasteiger charge is 2.23. The molecule has 0 radical (unpaired) electrons. The molecule has 5 nitrogen and oxygen atoms in total. The number of cyclic esters (lactones) is 1. The third-order valence-corrected chi connectivity index (χ3v) is 3.28. The predicted octanol–water partition coefficient (Wildman–Crippen LogP) is 3.03. The second kappa shape index (κ2) is 5.85. The molecule has 0 aliphatic carbocycles. The third kappa shape index (κ3) is 2.90. The topological polar surface area (TPSA) is 58.6 Å². The van der Waals surface area contributed by atoms with Crippen LogP contribution >= 0.6 is 0 Å². The molecule has 2 amide bonds. The number of ether oxygens (including phenoxy) is 1. The summed E-state index contributed by atoms with van der Waals surface area (Å²) in [7, 11) is 0. The van der Waals surface area contributed by atoms with E-state index in [1.807, 2.05) is 0 Å². The summed E-state index contributed by atoms with van der Waals surface area (Å²) < 4.78 is 17.7. The number of amides is 2. The zero-order valence-corrected chi connectivity index (χ0v) is 11.6. The van der Waals surface area contributed by atoms with Gasteiger partial charge in [0, 0.05) is 16.9 Å². The van der Waals surface area contributed by atoms with Crippen molar-refractivity contribution in [1.29, 1.82) is 0 Å². The van der Waals surface area contributed by atoms with Gasteiger partial charge in [-0.3, -0.25) is 9.69 Å². The highest BCUT2D eigenvalue weighted by atomic mass is 19.1. The number of rotatable bonds is 3. The van der Waals surface area contributed by atoms with Crippen LogP contribution in [0.5, 0.6) is 0 Å². The van der Waals surface area contributed by atoms with E-state index >= 15 is 0 Å². The number of anilines is 2. The maximum absolute atomic E-state index is 12.9. The largest absolute Gasteiger partial charge is 0.447 e. The molecular formula is C16H13FN2O3. The van der Waals surface area contributed by atoms with Gasteiger partial charge in [-0.2, -0.15) is 0 Å². The van der Waals surface area contributed by atoms with Crippen molar-refractivity contribution in [1.82, 2.24) is 0 Å². The first-order valence-corrected chi connectivity index (χ1v) is 6.75. The van der Waals surface area contributed by atoms with Crippen LogP contribution in [0.2, 0.25) is 0 Å². The number of hydrogen-bond acceptors (Lipinski definition) is 3. The molecule has 0 bridgehead atoms. The standard InChI is InChI=1S/C16H13FN2O3/c17-12-6-4-11(5-7-12)15(20)18-13-2-1-3-14(10-13)19-8-9-22-16(19)21/h1-7,10H,8-9H2,(H,18,20). The normalized spacial score (nSPS) is 13.9. The van der Waals surface area contributed by atoms with Crippen LogP contribution in [-0.4, -0.2) is 25.2 Å². The molecule has 1 N–H and O–H groups in total. The maximum atomic E-state index is 12.9. The molecule has 3 rings (SSSR count). The highest BCUT2D eigenvalue weighted by molar-refractivity contribution is 6.04. The summed E-state index contributed by atoms with van der Waals surface area (Å²) in [5.74, 6) is -0.743. The van der Waals surface area contributed by atoms with Crippen LogP contribution in [0, 0.1) is 5.82 Å². The molecule has 1 fully saturated rings. The van der Waals surface area contributed by atoms with E-state index in [1.165, 1.54) is 29.2 Å². The van der Waals surface area contributed by atoms with Crippen LogP contribution in [0.15, 0.2) is 48.5 Å². The lowest BCUT2D eigenvalue weighted by atomic mass is 10.2. The van der Waals surface area contributed by atoms with Crippen LogP contribution < -0.4 is 10.2 Å².